The maximum atomic E-state index is 13.7. The van der Waals surface area contributed by atoms with E-state index >= 15 is 0 Å². The van der Waals surface area contributed by atoms with Gasteiger partial charge in [-0.3, -0.25) is 0 Å². The van der Waals surface area contributed by atoms with E-state index in [1.54, 1.807) is 0 Å². The Bertz CT molecular complexity index is 563. The summed E-state index contributed by atoms with van der Waals surface area (Å²) in [6.45, 7) is 1.41. The number of phenols is 1. The highest BCUT2D eigenvalue weighted by Gasteiger charge is 2.28. The molecule has 0 aromatic heterocycles. The number of hydrogen-bond acceptors (Lipinski definition) is 2. The van der Waals surface area contributed by atoms with E-state index < -0.39 is 17.2 Å². The molecule has 2 aromatic rings. The predicted molar refractivity (Wildman–Crippen MR) is 63.1 cm³/mol. The molecule has 18 heavy (non-hydrogen) atoms. The Morgan fingerprint density at radius 3 is 2.17 bits per heavy atom. The van der Waals surface area contributed by atoms with Gasteiger partial charge in [-0.2, -0.15) is 0 Å². The summed E-state index contributed by atoms with van der Waals surface area (Å²) < 4.78 is 26.5. The summed E-state index contributed by atoms with van der Waals surface area (Å²) >= 11 is 0. The quantitative estimate of drug-likeness (QED) is 0.860. The third-order valence-corrected chi connectivity index (χ3v) is 2.89. The van der Waals surface area contributed by atoms with Gasteiger partial charge < -0.3 is 10.2 Å². The number of benzene rings is 2. The van der Waals surface area contributed by atoms with Crippen LogP contribution in [0.4, 0.5) is 8.78 Å². The average Bonchev–Trinajstić information content (AvgIpc) is 2.29. The van der Waals surface area contributed by atoms with E-state index in [4.69, 9.17) is 0 Å². The van der Waals surface area contributed by atoms with Crippen molar-refractivity contribution < 1.29 is 19.0 Å². The molecule has 0 saturated heterocycles. The van der Waals surface area contributed by atoms with E-state index in [9.17, 15) is 19.0 Å². The van der Waals surface area contributed by atoms with E-state index in [0.29, 0.717) is 5.56 Å². The first kappa shape index (κ1) is 12.5. The molecule has 2 N–H and O–H groups in total. The van der Waals surface area contributed by atoms with E-state index in [-0.39, 0.29) is 11.3 Å². The van der Waals surface area contributed by atoms with Crippen molar-refractivity contribution in [3.8, 4) is 5.75 Å². The lowest BCUT2D eigenvalue weighted by Gasteiger charge is -2.25. The monoisotopic (exact) mass is 250 g/mol. The molecular formula is C14H12F2O2. The summed E-state index contributed by atoms with van der Waals surface area (Å²) in [4.78, 5) is 0. The van der Waals surface area contributed by atoms with Gasteiger partial charge in [0.15, 0.2) is 0 Å². The minimum atomic E-state index is -1.59. The molecule has 0 aliphatic carbocycles. The van der Waals surface area contributed by atoms with Crippen molar-refractivity contribution in [3.63, 3.8) is 0 Å². The fourth-order valence-corrected chi connectivity index (χ4v) is 1.83. The van der Waals surface area contributed by atoms with E-state index in [2.05, 4.69) is 0 Å². The normalized spacial score (nSPS) is 14.2. The van der Waals surface area contributed by atoms with Crippen molar-refractivity contribution >= 4 is 0 Å². The Kier molecular flexibility index (Phi) is 3.05. The van der Waals surface area contributed by atoms with Crippen LogP contribution in [0.15, 0.2) is 42.5 Å². The lowest BCUT2D eigenvalue weighted by Crippen LogP contribution is -2.24. The van der Waals surface area contributed by atoms with Gasteiger partial charge in [-0.15, -0.1) is 0 Å². The number of aromatic hydroxyl groups is 1. The maximum absolute atomic E-state index is 13.7. The Labute approximate surface area is 103 Å². The summed E-state index contributed by atoms with van der Waals surface area (Å²) in [7, 11) is 0. The van der Waals surface area contributed by atoms with Crippen LogP contribution < -0.4 is 0 Å². The number of halogens is 2. The van der Waals surface area contributed by atoms with E-state index in [1.807, 2.05) is 0 Å². The van der Waals surface area contributed by atoms with Crippen LogP contribution in [-0.4, -0.2) is 10.2 Å². The molecule has 0 spiro atoms. The maximum Gasteiger partial charge on any atom is 0.132 e. The lowest BCUT2D eigenvalue weighted by molar-refractivity contribution is 0.0978. The predicted octanol–water partition coefficient (Wildman–Crippen LogP) is 2.93. The number of aliphatic hydroxyl groups is 1. The number of rotatable bonds is 2. The molecule has 0 bridgehead atoms. The second kappa shape index (κ2) is 4.38. The molecule has 2 nitrogen and oxygen atoms in total. The topological polar surface area (TPSA) is 40.5 Å². The number of hydrogen-bond donors (Lipinski definition) is 2. The zero-order valence-electron chi connectivity index (χ0n) is 9.69. The van der Waals surface area contributed by atoms with Gasteiger partial charge in [0.25, 0.3) is 0 Å². The Morgan fingerprint density at radius 2 is 1.61 bits per heavy atom. The molecule has 1 atom stereocenters. The van der Waals surface area contributed by atoms with Crippen LogP contribution in [0.25, 0.3) is 0 Å². The third kappa shape index (κ3) is 2.19. The zero-order chi connectivity index (χ0) is 13.3. The number of phenolic OH excluding ortho intramolecular Hbond substituents is 1. The molecular weight excluding hydrogens is 238 g/mol. The summed E-state index contributed by atoms with van der Waals surface area (Å²) in [5.74, 6) is -1.46. The van der Waals surface area contributed by atoms with Crippen LogP contribution in [0.5, 0.6) is 5.75 Å². The van der Waals surface area contributed by atoms with Crippen LogP contribution in [0.3, 0.4) is 0 Å². The van der Waals surface area contributed by atoms with Crippen LogP contribution in [-0.2, 0) is 5.60 Å². The molecule has 0 heterocycles. The highest BCUT2D eigenvalue weighted by atomic mass is 19.1. The van der Waals surface area contributed by atoms with Gasteiger partial charge in [-0.05, 0) is 36.8 Å². The second-order valence-electron chi connectivity index (χ2n) is 4.24. The van der Waals surface area contributed by atoms with Crippen molar-refractivity contribution in [2.45, 2.75) is 12.5 Å². The van der Waals surface area contributed by atoms with E-state index in [0.717, 1.165) is 12.1 Å². The standard InChI is InChI=1S/C14H12F2O2/c1-14(18,9-2-5-11(17)6-3-9)12-7-4-10(15)8-13(12)16/h2-8,17-18H,1H3. The molecule has 1 unspecified atom stereocenters. The molecule has 2 rings (SSSR count). The van der Waals surface area contributed by atoms with Gasteiger partial charge in [0.05, 0.1) is 0 Å². The van der Waals surface area contributed by atoms with Crippen molar-refractivity contribution in [3.05, 3.63) is 65.2 Å². The van der Waals surface area contributed by atoms with Gasteiger partial charge in [0, 0.05) is 11.6 Å². The molecule has 0 aliphatic heterocycles. The fraction of sp³-hybridized carbons (Fsp3) is 0.143. The van der Waals surface area contributed by atoms with Crippen LogP contribution in [0, 0.1) is 11.6 Å². The highest BCUT2D eigenvalue weighted by molar-refractivity contribution is 5.38. The summed E-state index contributed by atoms with van der Waals surface area (Å²) in [5.41, 5.74) is -1.20. The molecule has 94 valence electrons. The first-order chi connectivity index (χ1) is 8.41. The summed E-state index contributed by atoms with van der Waals surface area (Å²) in [6, 6.07) is 8.78. The molecule has 0 radical (unpaired) electrons. The first-order valence-corrected chi connectivity index (χ1v) is 5.38. The van der Waals surface area contributed by atoms with E-state index in [1.165, 1.54) is 37.3 Å². The minimum Gasteiger partial charge on any atom is -0.508 e. The van der Waals surface area contributed by atoms with Crippen LogP contribution >= 0.6 is 0 Å². The van der Waals surface area contributed by atoms with Gasteiger partial charge in [-0.1, -0.05) is 12.1 Å². The summed E-state index contributed by atoms with van der Waals surface area (Å²) in [6.07, 6.45) is 0. The zero-order valence-corrected chi connectivity index (χ0v) is 9.69. The van der Waals surface area contributed by atoms with Crippen LogP contribution in [0.2, 0.25) is 0 Å². The van der Waals surface area contributed by atoms with Crippen molar-refractivity contribution in [2.24, 2.45) is 0 Å². The van der Waals surface area contributed by atoms with Crippen molar-refractivity contribution in [1.29, 1.82) is 0 Å². The third-order valence-electron chi connectivity index (χ3n) is 2.89. The Balaban J connectivity index is 2.50. The smallest absolute Gasteiger partial charge is 0.132 e. The fourth-order valence-electron chi connectivity index (χ4n) is 1.83. The highest BCUT2D eigenvalue weighted by Crippen LogP contribution is 2.31. The Hall–Kier alpha value is -1.94. The molecule has 2 aromatic carbocycles. The van der Waals surface area contributed by atoms with Crippen LogP contribution in [0.1, 0.15) is 18.1 Å². The second-order valence-corrected chi connectivity index (χ2v) is 4.24. The van der Waals surface area contributed by atoms with Crippen molar-refractivity contribution in [1.82, 2.24) is 0 Å². The average molecular weight is 250 g/mol. The minimum absolute atomic E-state index is 0.0189. The van der Waals surface area contributed by atoms with Gasteiger partial charge in [0.1, 0.15) is 23.0 Å². The molecule has 0 aliphatic rings. The molecule has 4 heteroatoms. The first-order valence-electron chi connectivity index (χ1n) is 5.38. The van der Waals surface area contributed by atoms with Gasteiger partial charge >= 0.3 is 0 Å². The Morgan fingerprint density at radius 1 is 1.00 bits per heavy atom. The van der Waals surface area contributed by atoms with Crippen molar-refractivity contribution in [2.75, 3.05) is 0 Å². The molecule has 0 fully saturated rings. The SMILES string of the molecule is CC(O)(c1ccc(O)cc1)c1ccc(F)cc1F. The van der Waals surface area contributed by atoms with Gasteiger partial charge in [-0.25, -0.2) is 8.78 Å². The molecule has 0 saturated carbocycles. The largest absolute Gasteiger partial charge is 0.508 e. The lowest BCUT2D eigenvalue weighted by atomic mass is 9.88. The summed E-state index contributed by atoms with van der Waals surface area (Å²) in [5, 5.41) is 19.6. The molecule has 0 amide bonds. The van der Waals surface area contributed by atoms with Gasteiger partial charge in [0.2, 0.25) is 0 Å².